The molecule has 1 heterocycles. The molecule has 0 amide bonds. The van der Waals surface area contributed by atoms with Crippen molar-refractivity contribution in [1.29, 1.82) is 0 Å². The van der Waals surface area contributed by atoms with E-state index < -0.39 is 0 Å². The Hall–Kier alpha value is -1.55. The highest BCUT2D eigenvalue weighted by molar-refractivity contribution is 6.31. The molecule has 2 N–H and O–H groups in total. The molecule has 1 aliphatic rings. The van der Waals surface area contributed by atoms with Gasteiger partial charge in [-0.2, -0.15) is 5.10 Å². The van der Waals surface area contributed by atoms with Gasteiger partial charge < -0.3 is 5.73 Å². The number of hydrogen-bond donors (Lipinski definition) is 1. The third-order valence-corrected chi connectivity index (χ3v) is 3.23. The van der Waals surface area contributed by atoms with Crippen molar-refractivity contribution in [3.05, 3.63) is 29.0 Å². The minimum absolute atomic E-state index is 0.571. The van der Waals surface area contributed by atoms with Crippen molar-refractivity contribution < 1.29 is 0 Å². The Labute approximate surface area is 104 Å². The lowest BCUT2D eigenvalue weighted by atomic mass is 10.2. The van der Waals surface area contributed by atoms with E-state index in [2.05, 4.69) is 10.1 Å². The molecule has 4 nitrogen and oxygen atoms in total. The topological polar surface area (TPSA) is 56.7 Å². The molecule has 2 aromatic rings. The molecule has 1 saturated carbocycles. The number of benzene rings is 1. The van der Waals surface area contributed by atoms with E-state index in [4.69, 9.17) is 17.3 Å². The number of anilines is 1. The van der Waals surface area contributed by atoms with Crippen molar-refractivity contribution in [2.24, 2.45) is 7.05 Å². The van der Waals surface area contributed by atoms with E-state index in [9.17, 15) is 0 Å². The molecule has 5 heteroatoms. The highest BCUT2D eigenvalue weighted by Gasteiger charge is 2.29. The van der Waals surface area contributed by atoms with Gasteiger partial charge in [-0.25, -0.2) is 4.98 Å². The van der Waals surface area contributed by atoms with Crippen molar-refractivity contribution in [2.45, 2.75) is 18.8 Å². The van der Waals surface area contributed by atoms with E-state index in [1.165, 1.54) is 12.8 Å². The Morgan fingerprint density at radius 3 is 2.88 bits per heavy atom. The van der Waals surface area contributed by atoms with E-state index in [0.717, 1.165) is 11.4 Å². The number of aromatic nitrogens is 3. The number of halogens is 1. The average molecular weight is 249 g/mol. The van der Waals surface area contributed by atoms with E-state index in [1.807, 2.05) is 17.8 Å². The van der Waals surface area contributed by atoms with Crippen LogP contribution >= 0.6 is 11.6 Å². The van der Waals surface area contributed by atoms with E-state index in [1.54, 1.807) is 12.1 Å². The van der Waals surface area contributed by atoms with Gasteiger partial charge in [-0.15, -0.1) is 0 Å². The summed E-state index contributed by atoms with van der Waals surface area (Å²) >= 11 is 5.97. The van der Waals surface area contributed by atoms with Crippen LogP contribution in [0.25, 0.3) is 11.4 Å². The van der Waals surface area contributed by atoms with Crippen LogP contribution in [0.5, 0.6) is 0 Å². The molecule has 0 unspecified atom stereocenters. The van der Waals surface area contributed by atoms with Crippen molar-refractivity contribution in [3.63, 3.8) is 0 Å². The van der Waals surface area contributed by atoms with Gasteiger partial charge in [-0.05, 0) is 31.0 Å². The first-order valence-corrected chi connectivity index (χ1v) is 5.99. The van der Waals surface area contributed by atoms with E-state index in [-0.39, 0.29) is 0 Å². The monoisotopic (exact) mass is 248 g/mol. The number of hydrogen-bond acceptors (Lipinski definition) is 3. The van der Waals surface area contributed by atoms with Crippen LogP contribution in [0.1, 0.15) is 24.6 Å². The summed E-state index contributed by atoms with van der Waals surface area (Å²) in [6.45, 7) is 0. The molecule has 88 valence electrons. The van der Waals surface area contributed by atoms with Crippen LogP contribution in [-0.4, -0.2) is 14.8 Å². The Bertz CT molecular complexity index is 572. The maximum atomic E-state index is 5.97. The first kappa shape index (κ1) is 10.6. The van der Waals surface area contributed by atoms with Gasteiger partial charge in [-0.1, -0.05) is 11.6 Å². The zero-order chi connectivity index (χ0) is 12.0. The van der Waals surface area contributed by atoms with E-state index >= 15 is 0 Å². The smallest absolute Gasteiger partial charge is 0.183 e. The Morgan fingerprint density at radius 2 is 2.18 bits per heavy atom. The molecule has 3 rings (SSSR count). The second-order valence-electron chi connectivity index (χ2n) is 4.42. The van der Waals surface area contributed by atoms with Crippen molar-refractivity contribution in [2.75, 3.05) is 5.73 Å². The van der Waals surface area contributed by atoms with Crippen LogP contribution in [0, 0.1) is 0 Å². The average Bonchev–Trinajstić information content (AvgIpc) is 3.06. The molecule has 0 saturated heterocycles. The van der Waals surface area contributed by atoms with Gasteiger partial charge in [0.2, 0.25) is 0 Å². The van der Waals surface area contributed by atoms with Gasteiger partial charge in [0.05, 0.1) is 0 Å². The Morgan fingerprint density at radius 1 is 1.41 bits per heavy atom. The Kier molecular flexibility index (Phi) is 2.33. The Balaban J connectivity index is 2.08. The fourth-order valence-electron chi connectivity index (χ4n) is 1.93. The van der Waals surface area contributed by atoms with Gasteiger partial charge in [0, 0.05) is 29.2 Å². The van der Waals surface area contributed by atoms with E-state index in [0.29, 0.717) is 22.5 Å². The lowest BCUT2D eigenvalue weighted by molar-refractivity contribution is 0.705. The summed E-state index contributed by atoms with van der Waals surface area (Å²) in [6, 6.07) is 5.36. The van der Waals surface area contributed by atoms with Crippen LogP contribution in [0.4, 0.5) is 5.69 Å². The highest BCUT2D eigenvalue weighted by Crippen LogP contribution is 2.39. The first-order valence-electron chi connectivity index (χ1n) is 5.61. The molecule has 1 aromatic heterocycles. The summed E-state index contributed by atoms with van der Waals surface area (Å²) in [5.74, 6) is 2.27. The number of nitrogens with zero attached hydrogens (tertiary/aromatic N) is 3. The summed E-state index contributed by atoms with van der Waals surface area (Å²) in [7, 11) is 1.92. The molecule has 1 fully saturated rings. The fourth-order valence-corrected chi connectivity index (χ4v) is 2.10. The highest BCUT2D eigenvalue weighted by atomic mass is 35.5. The molecule has 0 aliphatic heterocycles. The van der Waals surface area contributed by atoms with Crippen LogP contribution in [0.3, 0.4) is 0 Å². The minimum Gasteiger partial charge on any atom is -0.398 e. The predicted molar refractivity (Wildman–Crippen MR) is 67.8 cm³/mol. The molecular formula is C12H13ClN4. The lowest BCUT2D eigenvalue weighted by Gasteiger charge is -2.01. The van der Waals surface area contributed by atoms with Gasteiger partial charge >= 0.3 is 0 Å². The molecule has 1 aromatic carbocycles. The van der Waals surface area contributed by atoms with Crippen LogP contribution in [0.2, 0.25) is 5.02 Å². The summed E-state index contributed by atoms with van der Waals surface area (Å²) in [4.78, 5) is 4.56. The fraction of sp³-hybridized carbons (Fsp3) is 0.333. The molecule has 0 radical (unpaired) electrons. The second kappa shape index (κ2) is 3.74. The minimum atomic E-state index is 0.571. The lowest BCUT2D eigenvalue weighted by Crippen LogP contribution is -1.96. The predicted octanol–water partition coefficient (Wildman–Crippen LogP) is 2.60. The molecule has 17 heavy (non-hydrogen) atoms. The number of nitrogen functional groups attached to an aromatic ring is 1. The zero-order valence-corrected chi connectivity index (χ0v) is 10.3. The largest absolute Gasteiger partial charge is 0.398 e. The van der Waals surface area contributed by atoms with Gasteiger partial charge in [0.1, 0.15) is 5.82 Å². The molecule has 0 atom stereocenters. The second-order valence-corrected chi connectivity index (χ2v) is 4.86. The number of nitrogens with two attached hydrogens (primary N) is 1. The third-order valence-electron chi connectivity index (χ3n) is 3.00. The normalized spacial score (nSPS) is 15.2. The number of aryl methyl sites for hydroxylation is 1. The summed E-state index contributed by atoms with van der Waals surface area (Å²) in [5.41, 5.74) is 7.39. The summed E-state index contributed by atoms with van der Waals surface area (Å²) in [6.07, 6.45) is 2.41. The quantitative estimate of drug-likeness (QED) is 0.831. The third kappa shape index (κ3) is 1.89. The maximum absolute atomic E-state index is 5.97. The van der Waals surface area contributed by atoms with Crippen LogP contribution in [0.15, 0.2) is 18.2 Å². The maximum Gasteiger partial charge on any atom is 0.183 e. The van der Waals surface area contributed by atoms with Crippen molar-refractivity contribution in [3.8, 4) is 11.4 Å². The van der Waals surface area contributed by atoms with Crippen LogP contribution in [-0.2, 0) is 7.05 Å². The van der Waals surface area contributed by atoms with Crippen molar-refractivity contribution in [1.82, 2.24) is 14.8 Å². The first-order chi connectivity index (χ1) is 8.15. The molecular weight excluding hydrogens is 236 g/mol. The molecule has 0 bridgehead atoms. The summed E-state index contributed by atoms with van der Waals surface area (Å²) < 4.78 is 1.84. The standard InChI is InChI=1S/C12H13ClN4/c1-17-12(7-2-3-7)15-11(16-17)9-6-8(13)4-5-10(9)14/h4-7H,2-3,14H2,1H3. The van der Waals surface area contributed by atoms with Crippen LogP contribution < -0.4 is 5.73 Å². The van der Waals surface area contributed by atoms with Gasteiger partial charge in [-0.3, -0.25) is 4.68 Å². The van der Waals surface area contributed by atoms with Gasteiger partial charge in [0.15, 0.2) is 5.82 Å². The molecule has 1 aliphatic carbocycles. The molecule has 0 spiro atoms. The van der Waals surface area contributed by atoms with Crippen molar-refractivity contribution >= 4 is 17.3 Å². The zero-order valence-electron chi connectivity index (χ0n) is 9.52. The SMILES string of the molecule is Cn1nc(-c2cc(Cl)ccc2N)nc1C1CC1. The summed E-state index contributed by atoms with van der Waals surface area (Å²) in [5, 5.41) is 5.06. The number of rotatable bonds is 2. The van der Waals surface area contributed by atoms with Gasteiger partial charge in [0.25, 0.3) is 0 Å².